The molecule has 0 amide bonds. The Bertz CT molecular complexity index is 328. The molecular weight excluding hydrogens is 234 g/mol. The van der Waals surface area contributed by atoms with E-state index in [0.717, 1.165) is 5.25 Å². The molecule has 1 nitrogen and oxygen atoms in total. The summed E-state index contributed by atoms with van der Waals surface area (Å²) in [5.74, 6) is 1.17. The first-order valence-electron chi connectivity index (χ1n) is 5.76. The van der Waals surface area contributed by atoms with E-state index >= 15 is 0 Å². The van der Waals surface area contributed by atoms with Crippen LogP contribution in [0.5, 0.6) is 0 Å². The average molecular weight is 253 g/mol. The lowest BCUT2D eigenvalue weighted by atomic mass is 10.1. The van der Waals surface area contributed by atoms with Crippen LogP contribution < -0.4 is 5.73 Å². The van der Waals surface area contributed by atoms with Gasteiger partial charge in [0.25, 0.3) is 0 Å². The maximum Gasteiger partial charge on any atom is 0.0423 e. The molecule has 4 unspecified atom stereocenters. The number of nitrogens with two attached hydrogens (primary N) is 1. The largest absolute Gasteiger partial charge is 0.323 e. The third-order valence-electron chi connectivity index (χ3n) is 3.16. The maximum atomic E-state index is 6.34. The van der Waals surface area contributed by atoms with Gasteiger partial charge in [-0.05, 0) is 5.56 Å². The van der Waals surface area contributed by atoms with Gasteiger partial charge in [-0.25, -0.2) is 0 Å². The van der Waals surface area contributed by atoms with Gasteiger partial charge in [0.15, 0.2) is 0 Å². The second-order valence-electron chi connectivity index (χ2n) is 4.35. The first-order chi connectivity index (χ1) is 7.68. The standard InChI is InChI=1S/C13H19NS2/c1-9-10(2)16-12(8-15-9)13(14)11-6-4-3-5-7-11/h3-7,9-10,12-13H,8,14H2,1-2H3. The predicted octanol–water partition coefficient (Wildman–Crippen LogP) is 3.31. The number of hydrogen-bond acceptors (Lipinski definition) is 3. The molecule has 16 heavy (non-hydrogen) atoms. The van der Waals surface area contributed by atoms with Crippen LogP contribution in [0.1, 0.15) is 25.5 Å². The third-order valence-corrected chi connectivity index (χ3v) is 6.67. The number of benzene rings is 1. The van der Waals surface area contributed by atoms with Crippen molar-refractivity contribution >= 4 is 23.5 Å². The minimum atomic E-state index is 0.175. The molecule has 88 valence electrons. The molecule has 1 heterocycles. The van der Waals surface area contributed by atoms with Gasteiger partial charge < -0.3 is 5.73 Å². The normalized spacial score (nSPS) is 32.3. The monoisotopic (exact) mass is 253 g/mol. The molecule has 1 aliphatic rings. The highest BCUT2D eigenvalue weighted by atomic mass is 32.2. The Hall–Kier alpha value is -0.120. The van der Waals surface area contributed by atoms with E-state index in [4.69, 9.17) is 5.73 Å². The van der Waals surface area contributed by atoms with Crippen LogP contribution in [0.15, 0.2) is 30.3 Å². The smallest absolute Gasteiger partial charge is 0.0423 e. The molecular formula is C13H19NS2. The molecule has 2 N–H and O–H groups in total. The van der Waals surface area contributed by atoms with E-state index in [1.165, 1.54) is 11.3 Å². The highest BCUT2D eigenvalue weighted by molar-refractivity contribution is 8.07. The quantitative estimate of drug-likeness (QED) is 0.875. The Morgan fingerprint density at radius 2 is 1.88 bits per heavy atom. The van der Waals surface area contributed by atoms with Crippen molar-refractivity contribution < 1.29 is 0 Å². The first kappa shape index (κ1) is 12.3. The maximum absolute atomic E-state index is 6.34. The lowest BCUT2D eigenvalue weighted by Gasteiger charge is -2.34. The van der Waals surface area contributed by atoms with Crippen molar-refractivity contribution in [3.05, 3.63) is 35.9 Å². The highest BCUT2D eigenvalue weighted by Gasteiger charge is 2.29. The Labute approximate surface area is 107 Å². The van der Waals surface area contributed by atoms with Crippen molar-refractivity contribution in [3.63, 3.8) is 0 Å². The number of thioether (sulfide) groups is 2. The van der Waals surface area contributed by atoms with Gasteiger partial charge in [-0.1, -0.05) is 44.2 Å². The van der Waals surface area contributed by atoms with Gasteiger partial charge in [0.05, 0.1) is 0 Å². The average Bonchev–Trinajstić information content (AvgIpc) is 2.33. The van der Waals surface area contributed by atoms with E-state index in [9.17, 15) is 0 Å². The topological polar surface area (TPSA) is 26.0 Å². The van der Waals surface area contributed by atoms with Gasteiger partial charge in [-0.15, -0.1) is 0 Å². The molecule has 2 rings (SSSR count). The fraction of sp³-hybridized carbons (Fsp3) is 0.538. The summed E-state index contributed by atoms with van der Waals surface area (Å²) in [4.78, 5) is 0. The summed E-state index contributed by atoms with van der Waals surface area (Å²) >= 11 is 4.11. The van der Waals surface area contributed by atoms with Crippen LogP contribution in [0.4, 0.5) is 0 Å². The summed E-state index contributed by atoms with van der Waals surface area (Å²) in [6.45, 7) is 4.62. The van der Waals surface area contributed by atoms with Gasteiger partial charge >= 0.3 is 0 Å². The lowest BCUT2D eigenvalue weighted by Crippen LogP contribution is -2.34. The molecule has 1 aromatic rings. The van der Waals surface area contributed by atoms with Crippen molar-refractivity contribution in [2.45, 2.75) is 35.6 Å². The summed E-state index contributed by atoms with van der Waals surface area (Å²) < 4.78 is 0. The van der Waals surface area contributed by atoms with Gasteiger partial charge in [-0.2, -0.15) is 23.5 Å². The zero-order valence-electron chi connectivity index (χ0n) is 9.80. The van der Waals surface area contributed by atoms with Crippen LogP contribution in [-0.2, 0) is 0 Å². The van der Waals surface area contributed by atoms with E-state index in [1.807, 2.05) is 6.07 Å². The summed E-state index contributed by atoms with van der Waals surface area (Å²) in [6, 6.07) is 10.6. The van der Waals surface area contributed by atoms with Crippen molar-refractivity contribution in [3.8, 4) is 0 Å². The Kier molecular flexibility index (Phi) is 4.22. The second kappa shape index (κ2) is 5.48. The molecule has 4 atom stereocenters. The van der Waals surface area contributed by atoms with Gasteiger partial charge in [0.1, 0.15) is 0 Å². The Balaban J connectivity index is 2.03. The van der Waals surface area contributed by atoms with Crippen LogP contribution in [0, 0.1) is 0 Å². The van der Waals surface area contributed by atoms with Gasteiger partial charge in [0.2, 0.25) is 0 Å². The first-order valence-corrected chi connectivity index (χ1v) is 7.75. The van der Waals surface area contributed by atoms with Crippen molar-refractivity contribution in [2.75, 3.05) is 5.75 Å². The Morgan fingerprint density at radius 1 is 1.19 bits per heavy atom. The molecule has 1 aromatic carbocycles. The zero-order chi connectivity index (χ0) is 11.5. The van der Waals surface area contributed by atoms with E-state index in [1.54, 1.807) is 0 Å². The van der Waals surface area contributed by atoms with Crippen LogP contribution in [0.25, 0.3) is 0 Å². The summed E-state index contributed by atoms with van der Waals surface area (Å²) in [5, 5.41) is 2.02. The van der Waals surface area contributed by atoms with Crippen LogP contribution in [-0.4, -0.2) is 21.5 Å². The van der Waals surface area contributed by atoms with E-state index in [-0.39, 0.29) is 6.04 Å². The Morgan fingerprint density at radius 3 is 2.50 bits per heavy atom. The number of hydrogen-bond donors (Lipinski definition) is 1. The summed E-state index contributed by atoms with van der Waals surface area (Å²) in [5.41, 5.74) is 7.61. The predicted molar refractivity (Wildman–Crippen MR) is 76.1 cm³/mol. The molecule has 0 bridgehead atoms. The van der Waals surface area contributed by atoms with E-state index in [0.29, 0.717) is 10.5 Å². The number of rotatable bonds is 2. The van der Waals surface area contributed by atoms with Crippen molar-refractivity contribution in [2.24, 2.45) is 5.73 Å². The van der Waals surface area contributed by atoms with Crippen LogP contribution in [0.2, 0.25) is 0 Å². The summed E-state index contributed by atoms with van der Waals surface area (Å²) in [7, 11) is 0. The van der Waals surface area contributed by atoms with Gasteiger partial charge in [-0.3, -0.25) is 0 Å². The molecule has 1 aliphatic heterocycles. The molecule has 0 radical (unpaired) electrons. The third kappa shape index (κ3) is 2.76. The van der Waals surface area contributed by atoms with Crippen LogP contribution in [0.3, 0.4) is 0 Å². The lowest BCUT2D eigenvalue weighted by molar-refractivity contribution is 0.708. The van der Waals surface area contributed by atoms with Gasteiger partial charge in [0, 0.05) is 27.5 Å². The van der Waals surface area contributed by atoms with E-state index < -0.39 is 0 Å². The zero-order valence-corrected chi connectivity index (χ0v) is 11.4. The van der Waals surface area contributed by atoms with Crippen LogP contribution >= 0.6 is 23.5 Å². The minimum Gasteiger partial charge on any atom is -0.323 e. The SMILES string of the molecule is CC1SCC(C(N)c2ccccc2)SC1C. The highest BCUT2D eigenvalue weighted by Crippen LogP contribution is 2.40. The minimum absolute atomic E-state index is 0.175. The summed E-state index contributed by atoms with van der Waals surface area (Å²) in [6.07, 6.45) is 0. The van der Waals surface area contributed by atoms with E-state index in [2.05, 4.69) is 61.6 Å². The van der Waals surface area contributed by atoms with Crippen molar-refractivity contribution in [1.29, 1.82) is 0 Å². The molecule has 1 fully saturated rings. The molecule has 0 aliphatic carbocycles. The molecule has 0 saturated carbocycles. The fourth-order valence-electron chi connectivity index (χ4n) is 1.89. The molecule has 3 heteroatoms. The van der Waals surface area contributed by atoms with Crippen molar-refractivity contribution in [1.82, 2.24) is 0 Å². The fourth-order valence-corrected chi connectivity index (χ4v) is 4.93. The molecule has 0 aromatic heterocycles. The molecule has 1 saturated heterocycles. The molecule has 0 spiro atoms. The second-order valence-corrected chi connectivity index (χ2v) is 7.39.